The maximum absolute atomic E-state index is 12.4. The van der Waals surface area contributed by atoms with Gasteiger partial charge in [-0.25, -0.2) is 22.3 Å². The summed E-state index contributed by atoms with van der Waals surface area (Å²) in [6.45, 7) is 0.911. The third kappa shape index (κ3) is 3.29. The first-order valence-electron chi connectivity index (χ1n) is 7.39. The Morgan fingerprint density at radius 2 is 2.00 bits per heavy atom. The van der Waals surface area contributed by atoms with Crippen LogP contribution in [0.5, 0.6) is 0 Å². The lowest BCUT2D eigenvalue weighted by Gasteiger charge is -2.13. The van der Waals surface area contributed by atoms with Crippen LogP contribution in [0.3, 0.4) is 0 Å². The lowest BCUT2D eigenvalue weighted by atomic mass is 10.2. The summed E-state index contributed by atoms with van der Waals surface area (Å²) in [5, 5.41) is 3.36. The molecule has 0 radical (unpaired) electrons. The number of hydrogen-bond donors (Lipinski definition) is 2. The Balaban J connectivity index is 1.64. The number of nitrogens with one attached hydrogen (secondary N) is 2. The number of aliphatic imine (C=N–C) groups is 1. The van der Waals surface area contributed by atoms with Crippen molar-refractivity contribution >= 4 is 32.1 Å². The van der Waals surface area contributed by atoms with Crippen molar-refractivity contribution in [2.75, 3.05) is 13.1 Å². The highest BCUT2D eigenvalue weighted by atomic mass is 32.2. The third-order valence-electron chi connectivity index (χ3n) is 3.94. The van der Waals surface area contributed by atoms with Gasteiger partial charge in [0, 0.05) is 19.1 Å². The molecule has 1 aliphatic heterocycles. The number of sulfonamides is 1. The summed E-state index contributed by atoms with van der Waals surface area (Å²) in [6.07, 6.45) is 4.81. The fourth-order valence-electron chi connectivity index (χ4n) is 2.85. The molecule has 1 aliphatic carbocycles. The molecule has 1 saturated carbocycles. The number of hydrogen-bond acceptors (Lipinski definition) is 5. The van der Waals surface area contributed by atoms with Crippen LogP contribution >= 0.6 is 0 Å². The van der Waals surface area contributed by atoms with E-state index in [1.165, 1.54) is 24.5 Å². The van der Waals surface area contributed by atoms with Crippen LogP contribution in [-0.4, -0.2) is 37.3 Å². The zero-order chi connectivity index (χ0) is 15.6. The zero-order valence-electron chi connectivity index (χ0n) is 12.1. The van der Waals surface area contributed by atoms with E-state index in [0.717, 1.165) is 12.8 Å². The third-order valence-corrected chi connectivity index (χ3v) is 6.70. The van der Waals surface area contributed by atoms with E-state index in [0.29, 0.717) is 24.8 Å². The Kier molecular flexibility index (Phi) is 4.72. The predicted octanol–water partition coefficient (Wildman–Crippen LogP) is 1.28. The molecule has 1 fully saturated rings. The maximum atomic E-state index is 12.4. The maximum Gasteiger partial charge on any atom is 0.241 e. The van der Waals surface area contributed by atoms with Crippen molar-refractivity contribution in [3.8, 4) is 0 Å². The average Bonchev–Trinajstić information content (AvgIpc) is 3.14. The summed E-state index contributed by atoms with van der Waals surface area (Å²) >= 11 is 0. The normalized spacial score (nSPS) is 21.4. The molecule has 0 aromatic heterocycles. The van der Waals surface area contributed by atoms with Crippen molar-refractivity contribution in [1.82, 2.24) is 10.0 Å². The van der Waals surface area contributed by atoms with E-state index < -0.39 is 20.8 Å². The molecule has 1 atom stereocenters. The summed E-state index contributed by atoms with van der Waals surface area (Å²) in [4.78, 5) is 4.31. The van der Waals surface area contributed by atoms with E-state index in [1.54, 1.807) is 12.1 Å². The van der Waals surface area contributed by atoms with Gasteiger partial charge in [0.05, 0.1) is 26.9 Å². The van der Waals surface area contributed by atoms with E-state index in [1.807, 2.05) is 0 Å². The molecule has 3 rings (SSSR count). The highest BCUT2D eigenvalue weighted by Crippen LogP contribution is 2.32. The van der Waals surface area contributed by atoms with Crippen molar-refractivity contribution in [1.29, 1.82) is 0 Å². The molecule has 22 heavy (non-hydrogen) atoms. The van der Waals surface area contributed by atoms with Crippen molar-refractivity contribution in [3.63, 3.8) is 0 Å². The van der Waals surface area contributed by atoms with Gasteiger partial charge in [0.2, 0.25) is 10.0 Å². The number of benzene rings is 1. The second kappa shape index (κ2) is 6.57. The van der Waals surface area contributed by atoms with E-state index in [4.69, 9.17) is 0 Å². The first kappa shape index (κ1) is 15.8. The molecule has 1 heterocycles. The van der Waals surface area contributed by atoms with E-state index in [-0.39, 0.29) is 9.79 Å². The molecule has 6 nitrogen and oxygen atoms in total. The Hall–Kier alpha value is -1.09. The van der Waals surface area contributed by atoms with Gasteiger partial charge in [-0.05, 0) is 25.0 Å². The number of nitrogens with zero attached hydrogens (tertiary/aromatic N) is 1. The highest BCUT2D eigenvalue weighted by molar-refractivity contribution is 7.99. The molecular formula is C14H19N3O3S2. The monoisotopic (exact) mass is 341 g/mol. The van der Waals surface area contributed by atoms with Crippen molar-refractivity contribution in [2.24, 2.45) is 4.99 Å². The van der Waals surface area contributed by atoms with Crippen LogP contribution in [0.15, 0.2) is 33.0 Å². The Morgan fingerprint density at radius 3 is 2.77 bits per heavy atom. The van der Waals surface area contributed by atoms with Gasteiger partial charge in [-0.15, -0.1) is 0 Å². The minimum Gasteiger partial charge on any atom is -0.313 e. The van der Waals surface area contributed by atoms with Crippen molar-refractivity contribution in [2.45, 2.75) is 41.5 Å². The van der Waals surface area contributed by atoms with Crippen LogP contribution in [-0.2, 0) is 20.8 Å². The summed E-state index contributed by atoms with van der Waals surface area (Å²) in [6, 6.07) is 5.26. The summed E-state index contributed by atoms with van der Waals surface area (Å²) in [5.41, 5.74) is 1.73. The van der Waals surface area contributed by atoms with Crippen molar-refractivity contribution in [3.05, 3.63) is 18.2 Å². The van der Waals surface area contributed by atoms with Crippen LogP contribution in [0.25, 0.3) is 0 Å². The van der Waals surface area contributed by atoms with Gasteiger partial charge < -0.3 is 5.32 Å². The van der Waals surface area contributed by atoms with Crippen LogP contribution in [0.2, 0.25) is 0 Å². The molecule has 0 bridgehead atoms. The fraction of sp³-hybridized carbons (Fsp3) is 0.500. The lowest BCUT2D eigenvalue weighted by Crippen LogP contribution is -2.36. The predicted molar refractivity (Wildman–Crippen MR) is 86.4 cm³/mol. The second-order valence-corrected chi connectivity index (χ2v) is 8.42. The van der Waals surface area contributed by atoms with Crippen molar-refractivity contribution < 1.29 is 12.6 Å². The smallest absolute Gasteiger partial charge is 0.241 e. The molecule has 1 aromatic rings. The number of rotatable bonds is 6. The van der Waals surface area contributed by atoms with E-state index in [9.17, 15) is 12.6 Å². The zero-order valence-corrected chi connectivity index (χ0v) is 13.8. The Morgan fingerprint density at radius 1 is 1.23 bits per heavy atom. The molecule has 120 valence electrons. The molecule has 2 aliphatic rings. The molecule has 0 spiro atoms. The van der Waals surface area contributed by atoms with Gasteiger partial charge >= 0.3 is 0 Å². The topological polar surface area (TPSA) is 87.6 Å². The van der Waals surface area contributed by atoms with Crippen LogP contribution in [0, 0.1) is 0 Å². The summed E-state index contributed by atoms with van der Waals surface area (Å²) < 4.78 is 39.3. The summed E-state index contributed by atoms with van der Waals surface area (Å²) in [7, 11) is -5.17. The highest BCUT2D eigenvalue weighted by Gasteiger charge is 2.26. The average molecular weight is 341 g/mol. The standard InChI is InChI=1S/C14H19N3O3S2/c18-21-10-16-12-6-3-7-13(14(12)21)22(19,20)17-9-8-15-11-4-1-2-5-11/h3,6-7,10-11,15,17H,1-2,4-5,8-9H2. The van der Waals surface area contributed by atoms with Crippen LogP contribution < -0.4 is 10.0 Å². The Labute approximate surface area is 132 Å². The first-order chi connectivity index (χ1) is 10.6. The molecule has 1 unspecified atom stereocenters. The molecular weight excluding hydrogens is 322 g/mol. The van der Waals surface area contributed by atoms with Gasteiger partial charge in [-0.1, -0.05) is 18.9 Å². The minimum absolute atomic E-state index is 0.0571. The van der Waals surface area contributed by atoms with Gasteiger partial charge in [0.25, 0.3) is 0 Å². The summed E-state index contributed by atoms with van der Waals surface area (Å²) in [5.74, 6) is 0. The molecule has 8 heteroatoms. The second-order valence-electron chi connectivity index (χ2n) is 5.47. The van der Waals surface area contributed by atoms with Gasteiger partial charge in [0.15, 0.2) is 0 Å². The lowest BCUT2D eigenvalue weighted by molar-refractivity contribution is 0.520. The quantitative estimate of drug-likeness (QED) is 0.763. The van der Waals surface area contributed by atoms with Crippen LogP contribution in [0.1, 0.15) is 25.7 Å². The SMILES string of the molecule is O=S1C=Nc2cccc(S(=O)(=O)NCCNC3CCCC3)c21. The largest absolute Gasteiger partial charge is 0.313 e. The molecule has 2 N–H and O–H groups in total. The number of fused-ring (bicyclic) bond motifs is 1. The minimum atomic E-state index is -3.68. The van der Waals surface area contributed by atoms with Gasteiger partial charge in [0.1, 0.15) is 4.90 Å². The first-order valence-corrected chi connectivity index (χ1v) is 10.1. The van der Waals surface area contributed by atoms with E-state index in [2.05, 4.69) is 15.0 Å². The van der Waals surface area contributed by atoms with Crippen LogP contribution in [0.4, 0.5) is 5.69 Å². The molecule has 1 aromatic carbocycles. The fourth-order valence-corrected chi connectivity index (χ4v) is 5.46. The molecule has 0 saturated heterocycles. The Bertz CT molecular complexity index is 710. The van der Waals surface area contributed by atoms with Gasteiger partial charge in [-0.2, -0.15) is 0 Å². The van der Waals surface area contributed by atoms with E-state index >= 15 is 0 Å². The molecule has 0 amide bonds. The van der Waals surface area contributed by atoms with Gasteiger partial charge in [-0.3, -0.25) is 0 Å².